The molecule has 0 aliphatic rings. The van der Waals surface area contributed by atoms with Crippen LogP contribution in [0.3, 0.4) is 0 Å². The molecule has 0 atom stereocenters. The van der Waals surface area contributed by atoms with Crippen molar-refractivity contribution >= 4 is 35.2 Å². The monoisotopic (exact) mass is 350 g/mol. The Bertz CT molecular complexity index is 576. The predicted molar refractivity (Wildman–Crippen MR) is 78.4 cm³/mol. The van der Waals surface area contributed by atoms with Crippen LogP contribution in [0.25, 0.3) is 0 Å². The molecule has 0 radical (unpaired) electrons. The third-order valence-electron chi connectivity index (χ3n) is 2.33. The zero-order chi connectivity index (χ0) is 17.5. The van der Waals surface area contributed by atoms with Gasteiger partial charge in [-0.3, -0.25) is 14.4 Å². The van der Waals surface area contributed by atoms with Crippen molar-refractivity contribution < 1.29 is 32.7 Å². The number of carbonyl (C=O) groups excluding carboxylic acids is 2. The van der Waals surface area contributed by atoms with Crippen molar-refractivity contribution in [3.8, 4) is 0 Å². The summed E-state index contributed by atoms with van der Waals surface area (Å²) in [5.74, 6) is -3.82. The van der Waals surface area contributed by atoms with Crippen LogP contribution in [0.2, 0.25) is 0 Å². The number of rotatable bonds is 7. The summed E-state index contributed by atoms with van der Waals surface area (Å²) in [5, 5.41) is 13.0. The largest absolute Gasteiger partial charge is 0.480 e. The number of hydrogen-bond donors (Lipinski definition) is 3. The van der Waals surface area contributed by atoms with E-state index in [1.54, 1.807) is 0 Å². The summed E-state index contributed by atoms with van der Waals surface area (Å²) in [6.07, 6.45) is -4.32. The standard InChI is InChI=1S/C13H13F3N2O4S/c14-13(15,16)7-23-6-10(19)18-9-3-1-8(2-4-9)12(22)17-5-11(20)21/h1-4H,5-7H2,(H,17,22)(H,18,19)(H,20,21). The van der Waals surface area contributed by atoms with Gasteiger partial charge in [-0.15, -0.1) is 11.8 Å². The molecule has 1 rings (SSSR count). The minimum absolute atomic E-state index is 0.190. The van der Waals surface area contributed by atoms with E-state index in [4.69, 9.17) is 5.11 Å². The third-order valence-corrected chi connectivity index (χ3v) is 3.33. The van der Waals surface area contributed by atoms with Crippen LogP contribution in [0, 0.1) is 0 Å². The Kier molecular flexibility index (Phi) is 6.89. The van der Waals surface area contributed by atoms with E-state index in [1.807, 2.05) is 0 Å². The molecule has 0 spiro atoms. The first kappa shape index (κ1) is 18.8. The quantitative estimate of drug-likeness (QED) is 0.696. The van der Waals surface area contributed by atoms with E-state index in [9.17, 15) is 27.6 Å². The zero-order valence-electron chi connectivity index (χ0n) is 11.6. The summed E-state index contributed by atoms with van der Waals surface area (Å²) >= 11 is 0.448. The maximum Gasteiger partial charge on any atom is 0.397 e. The van der Waals surface area contributed by atoms with Gasteiger partial charge in [-0.1, -0.05) is 0 Å². The van der Waals surface area contributed by atoms with Gasteiger partial charge in [0.1, 0.15) is 6.54 Å². The number of hydrogen-bond acceptors (Lipinski definition) is 4. The lowest BCUT2D eigenvalue weighted by Crippen LogP contribution is -2.29. The summed E-state index contributed by atoms with van der Waals surface area (Å²) in [5.41, 5.74) is 0.507. The van der Waals surface area contributed by atoms with Crippen LogP contribution in [0.1, 0.15) is 10.4 Å². The van der Waals surface area contributed by atoms with Gasteiger partial charge in [0.15, 0.2) is 0 Å². The molecule has 10 heteroatoms. The lowest BCUT2D eigenvalue weighted by atomic mass is 10.2. The molecule has 0 saturated heterocycles. The molecule has 0 unspecified atom stereocenters. The first-order chi connectivity index (χ1) is 10.7. The minimum Gasteiger partial charge on any atom is -0.480 e. The van der Waals surface area contributed by atoms with Crippen LogP contribution in [-0.4, -0.2) is 47.1 Å². The van der Waals surface area contributed by atoms with Gasteiger partial charge in [0, 0.05) is 11.3 Å². The second-order valence-corrected chi connectivity index (χ2v) is 5.30. The number of benzene rings is 1. The maximum absolute atomic E-state index is 11.9. The molecule has 0 aliphatic carbocycles. The first-order valence-corrected chi connectivity index (χ1v) is 7.37. The van der Waals surface area contributed by atoms with Crippen LogP contribution < -0.4 is 10.6 Å². The first-order valence-electron chi connectivity index (χ1n) is 6.22. The van der Waals surface area contributed by atoms with Crippen molar-refractivity contribution in [1.29, 1.82) is 0 Å². The average Bonchev–Trinajstić information content (AvgIpc) is 2.44. The number of anilines is 1. The summed E-state index contributed by atoms with van der Waals surface area (Å²) in [6, 6.07) is 5.50. The Balaban J connectivity index is 2.45. The number of halogens is 3. The molecular formula is C13H13F3N2O4S. The van der Waals surface area contributed by atoms with Gasteiger partial charge in [-0.25, -0.2) is 0 Å². The smallest absolute Gasteiger partial charge is 0.397 e. The highest BCUT2D eigenvalue weighted by Gasteiger charge is 2.27. The molecule has 1 aromatic rings. The van der Waals surface area contributed by atoms with Gasteiger partial charge in [0.05, 0.1) is 11.5 Å². The van der Waals surface area contributed by atoms with E-state index < -0.39 is 36.3 Å². The highest BCUT2D eigenvalue weighted by atomic mass is 32.2. The van der Waals surface area contributed by atoms with Gasteiger partial charge in [0.2, 0.25) is 5.91 Å². The fourth-order valence-electron chi connectivity index (χ4n) is 1.42. The van der Waals surface area contributed by atoms with E-state index in [1.165, 1.54) is 24.3 Å². The van der Waals surface area contributed by atoms with E-state index in [2.05, 4.69) is 10.6 Å². The van der Waals surface area contributed by atoms with Crippen molar-refractivity contribution in [3.63, 3.8) is 0 Å². The summed E-state index contributed by atoms with van der Waals surface area (Å²) in [4.78, 5) is 33.3. The molecule has 0 saturated carbocycles. The summed E-state index contributed by atoms with van der Waals surface area (Å²) < 4.78 is 35.8. The predicted octanol–water partition coefficient (Wildman–Crippen LogP) is 1.73. The molecule has 0 heterocycles. The lowest BCUT2D eigenvalue weighted by Gasteiger charge is -2.08. The number of carbonyl (C=O) groups is 3. The molecule has 3 N–H and O–H groups in total. The van der Waals surface area contributed by atoms with Crippen LogP contribution in [0.4, 0.5) is 18.9 Å². The fraction of sp³-hybridized carbons (Fsp3) is 0.308. The second-order valence-electron chi connectivity index (χ2n) is 4.31. The Morgan fingerprint density at radius 3 is 2.26 bits per heavy atom. The highest BCUT2D eigenvalue weighted by molar-refractivity contribution is 8.00. The molecule has 0 aliphatic heterocycles. The van der Waals surface area contributed by atoms with Crippen molar-refractivity contribution in [2.75, 3.05) is 23.4 Å². The van der Waals surface area contributed by atoms with Gasteiger partial charge < -0.3 is 15.7 Å². The number of alkyl halides is 3. The van der Waals surface area contributed by atoms with E-state index in [0.717, 1.165) is 0 Å². The zero-order valence-corrected chi connectivity index (χ0v) is 12.5. The number of carboxylic acid groups (broad SMARTS) is 1. The Morgan fingerprint density at radius 1 is 1.13 bits per heavy atom. The molecule has 1 aromatic carbocycles. The van der Waals surface area contributed by atoms with Gasteiger partial charge in [-0.2, -0.15) is 13.2 Å². The van der Waals surface area contributed by atoms with Gasteiger partial charge in [0.25, 0.3) is 5.91 Å². The number of nitrogens with one attached hydrogen (secondary N) is 2. The molecule has 2 amide bonds. The highest BCUT2D eigenvalue weighted by Crippen LogP contribution is 2.21. The fourth-order valence-corrected chi connectivity index (χ4v) is 2.01. The number of carboxylic acids is 1. The van der Waals surface area contributed by atoms with Crippen molar-refractivity contribution in [2.24, 2.45) is 0 Å². The molecule has 126 valence electrons. The maximum atomic E-state index is 11.9. The number of thioether (sulfide) groups is 1. The normalized spacial score (nSPS) is 10.9. The van der Waals surface area contributed by atoms with Crippen LogP contribution in [-0.2, 0) is 9.59 Å². The topological polar surface area (TPSA) is 95.5 Å². The van der Waals surface area contributed by atoms with Crippen molar-refractivity contribution in [3.05, 3.63) is 29.8 Å². The molecule has 23 heavy (non-hydrogen) atoms. The SMILES string of the molecule is O=C(O)CNC(=O)c1ccc(NC(=O)CSCC(F)(F)F)cc1. The molecular weight excluding hydrogens is 337 g/mol. The molecule has 0 fully saturated rings. The van der Waals surface area contributed by atoms with Crippen molar-refractivity contribution in [2.45, 2.75) is 6.18 Å². The van der Waals surface area contributed by atoms with Crippen LogP contribution in [0.15, 0.2) is 24.3 Å². The summed E-state index contributed by atoms with van der Waals surface area (Å²) in [7, 11) is 0. The van der Waals surface area contributed by atoms with Crippen LogP contribution >= 0.6 is 11.8 Å². The van der Waals surface area contributed by atoms with Gasteiger partial charge >= 0.3 is 12.1 Å². The van der Waals surface area contributed by atoms with Crippen molar-refractivity contribution in [1.82, 2.24) is 5.32 Å². The molecule has 6 nitrogen and oxygen atoms in total. The lowest BCUT2D eigenvalue weighted by molar-refractivity contribution is -0.135. The molecule has 0 bridgehead atoms. The average molecular weight is 350 g/mol. The van der Waals surface area contributed by atoms with E-state index in [-0.39, 0.29) is 11.3 Å². The molecule has 0 aromatic heterocycles. The Morgan fingerprint density at radius 2 is 1.74 bits per heavy atom. The van der Waals surface area contributed by atoms with Gasteiger partial charge in [-0.05, 0) is 24.3 Å². The Labute approximate surface area is 133 Å². The number of amides is 2. The van der Waals surface area contributed by atoms with E-state index in [0.29, 0.717) is 17.4 Å². The van der Waals surface area contributed by atoms with Crippen LogP contribution in [0.5, 0.6) is 0 Å². The van der Waals surface area contributed by atoms with E-state index >= 15 is 0 Å². The minimum atomic E-state index is -4.32. The third kappa shape index (κ3) is 8.10. The second kappa shape index (κ2) is 8.42. The Hall–Kier alpha value is -2.23. The number of aliphatic carboxylic acids is 1. The summed E-state index contributed by atoms with van der Waals surface area (Å²) in [6.45, 7) is -0.520.